The number of aliphatic hydroxyl groups excluding tert-OH is 1. The lowest BCUT2D eigenvalue weighted by molar-refractivity contribution is 0.198. The minimum Gasteiger partial charge on any atom is -0.392 e. The van der Waals surface area contributed by atoms with E-state index in [0.717, 1.165) is 10.1 Å². The molecule has 15 heavy (non-hydrogen) atoms. The third kappa shape index (κ3) is 5.77. The first kappa shape index (κ1) is 12.5. The largest absolute Gasteiger partial charge is 0.392 e. The second kappa shape index (κ2) is 6.82. The highest BCUT2D eigenvalue weighted by Crippen LogP contribution is 2.12. The Bertz CT molecular complexity index is 301. The minimum absolute atomic E-state index is 0.361. The van der Waals surface area contributed by atoms with E-state index in [1.54, 1.807) is 18.7 Å². The van der Waals surface area contributed by atoms with E-state index in [0.29, 0.717) is 6.54 Å². The fourth-order valence-corrected chi connectivity index (χ4v) is 1.94. The zero-order chi connectivity index (χ0) is 11.1. The van der Waals surface area contributed by atoms with Crippen LogP contribution in [0.1, 0.15) is 12.5 Å². The Morgan fingerprint density at radius 1 is 1.47 bits per heavy atom. The van der Waals surface area contributed by atoms with Crippen LogP contribution in [-0.4, -0.2) is 22.1 Å². The van der Waals surface area contributed by atoms with Crippen molar-refractivity contribution in [2.75, 3.05) is 6.54 Å². The lowest BCUT2D eigenvalue weighted by Gasteiger charge is -2.08. The highest BCUT2D eigenvalue weighted by Gasteiger charge is 2.00. The molecule has 1 atom stereocenters. The normalized spacial score (nSPS) is 12.1. The van der Waals surface area contributed by atoms with E-state index in [9.17, 15) is 0 Å². The maximum atomic E-state index is 9.06. The molecule has 0 aliphatic rings. The molecule has 0 aliphatic carbocycles. The van der Waals surface area contributed by atoms with Gasteiger partial charge in [0.05, 0.1) is 6.10 Å². The molecule has 0 bridgehead atoms. The Hall–Kier alpha value is -0.580. The lowest BCUT2D eigenvalue weighted by atomic mass is 10.2. The summed E-state index contributed by atoms with van der Waals surface area (Å²) in [5.41, 5.74) is 1.25. The monoisotopic (exact) mass is 241 g/mol. The van der Waals surface area contributed by atoms with Gasteiger partial charge < -0.3 is 10.4 Å². The van der Waals surface area contributed by atoms with Gasteiger partial charge in [0.1, 0.15) is 4.32 Å². The zero-order valence-electron chi connectivity index (χ0n) is 8.64. The topological polar surface area (TPSA) is 32.3 Å². The van der Waals surface area contributed by atoms with E-state index >= 15 is 0 Å². The first-order chi connectivity index (χ1) is 7.18. The summed E-state index contributed by atoms with van der Waals surface area (Å²) in [6.45, 7) is 2.25. The summed E-state index contributed by atoms with van der Waals surface area (Å²) in [6, 6.07) is 10.2. The summed E-state index contributed by atoms with van der Waals surface area (Å²) in [5.74, 6) is 0.868. The number of nitrogens with one attached hydrogen (secondary N) is 1. The minimum atomic E-state index is -0.361. The van der Waals surface area contributed by atoms with E-state index in [-0.39, 0.29) is 6.10 Å². The second-order valence-electron chi connectivity index (χ2n) is 3.29. The Morgan fingerprint density at radius 2 is 2.13 bits per heavy atom. The fraction of sp³-hybridized carbons (Fsp3) is 0.364. The molecule has 0 fully saturated rings. The van der Waals surface area contributed by atoms with Gasteiger partial charge in [-0.3, -0.25) is 0 Å². The van der Waals surface area contributed by atoms with Gasteiger partial charge in [-0.2, -0.15) is 0 Å². The van der Waals surface area contributed by atoms with Crippen molar-refractivity contribution < 1.29 is 5.11 Å². The number of rotatable bonds is 4. The molecule has 1 aromatic rings. The van der Waals surface area contributed by atoms with Gasteiger partial charge in [0.2, 0.25) is 0 Å². The molecule has 0 radical (unpaired) electrons. The first-order valence-corrected chi connectivity index (χ1v) is 6.20. The van der Waals surface area contributed by atoms with Gasteiger partial charge in [-0.1, -0.05) is 54.3 Å². The molecule has 0 amide bonds. The Labute approximate surface area is 100 Å². The Morgan fingerprint density at radius 3 is 2.73 bits per heavy atom. The first-order valence-electron chi connectivity index (χ1n) is 4.81. The molecule has 4 heteroatoms. The van der Waals surface area contributed by atoms with Crippen LogP contribution in [0, 0.1) is 0 Å². The average molecular weight is 241 g/mol. The van der Waals surface area contributed by atoms with Gasteiger partial charge in [0, 0.05) is 12.3 Å². The summed E-state index contributed by atoms with van der Waals surface area (Å²) < 4.78 is 0.736. The molecule has 0 spiro atoms. The van der Waals surface area contributed by atoms with Gasteiger partial charge in [-0.25, -0.2) is 0 Å². The van der Waals surface area contributed by atoms with Crippen molar-refractivity contribution in [1.82, 2.24) is 5.32 Å². The lowest BCUT2D eigenvalue weighted by Crippen LogP contribution is -2.27. The molecular formula is C11H15NOS2. The van der Waals surface area contributed by atoms with Gasteiger partial charge >= 0.3 is 0 Å². The number of thioether (sulfide) groups is 1. The Kier molecular flexibility index (Phi) is 5.68. The molecule has 0 saturated heterocycles. The van der Waals surface area contributed by atoms with Crippen LogP contribution in [0.15, 0.2) is 30.3 Å². The van der Waals surface area contributed by atoms with Crippen LogP contribution in [0.5, 0.6) is 0 Å². The molecule has 0 aliphatic heterocycles. The number of aliphatic hydroxyl groups is 1. The predicted molar refractivity (Wildman–Crippen MR) is 70.0 cm³/mol. The number of benzene rings is 1. The predicted octanol–water partition coefficient (Wildman–Crippen LogP) is 2.18. The SMILES string of the molecule is CC(O)CNC(=S)SCc1ccccc1. The van der Waals surface area contributed by atoms with Crippen molar-refractivity contribution in [2.24, 2.45) is 0 Å². The smallest absolute Gasteiger partial charge is 0.134 e. The highest BCUT2D eigenvalue weighted by atomic mass is 32.2. The summed E-state index contributed by atoms with van der Waals surface area (Å²) >= 11 is 6.69. The summed E-state index contributed by atoms with van der Waals surface area (Å²) in [7, 11) is 0. The highest BCUT2D eigenvalue weighted by molar-refractivity contribution is 8.22. The molecule has 1 rings (SSSR count). The molecular weight excluding hydrogens is 226 g/mol. The van der Waals surface area contributed by atoms with Crippen LogP contribution in [0.25, 0.3) is 0 Å². The van der Waals surface area contributed by atoms with Crippen molar-refractivity contribution in [1.29, 1.82) is 0 Å². The number of hydrogen-bond acceptors (Lipinski definition) is 3. The van der Waals surface area contributed by atoms with Crippen molar-refractivity contribution >= 4 is 28.3 Å². The van der Waals surface area contributed by atoms with E-state index in [2.05, 4.69) is 17.4 Å². The molecule has 0 saturated carbocycles. The van der Waals surface area contributed by atoms with Crippen molar-refractivity contribution in [3.8, 4) is 0 Å². The Balaban J connectivity index is 2.23. The van der Waals surface area contributed by atoms with Crippen LogP contribution in [0.2, 0.25) is 0 Å². The molecule has 0 aromatic heterocycles. The fourth-order valence-electron chi connectivity index (χ4n) is 1.01. The van der Waals surface area contributed by atoms with Gasteiger partial charge in [0.25, 0.3) is 0 Å². The van der Waals surface area contributed by atoms with Gasteiger partial charge in [0.15, 0.2) is 0 Å². The zero-order valence-corrected chi connectivity index (χ0v) is 10.3. The number of thiocarbonyl (C=S) groups is 1. The van der Waals surface area contributed by atoms with E-state index in [4.69, 9.17) is 17.3 Å². The molecule has 0 heterocycles. The van der Waals surface area contributed by atoms with Gasteiger partial charge in [-0.15, -0.1) is 0 Å². The molecule has 2 nitrogen and oxygen atoms in total. The van der Waals surface area contributed by atoms with Crippen LogP contribution in [-0.2, 0) is 5.75 Å². The summed E-state index contributed by atoms with van der Waals surface area (Å²) in [6.07, 6.45) is -0.361. The molecule has 1 unspecified atom stereocenters. The van der Waals surface area contributed by atoms with Crippen LogP contribution in [0.4, 0.5) is 0 Å². The second-order valence-corrected chi connectivity index (χ2v) is 4.94. The molecule has 82 valence electrons. The van der Waals surface area contributed by atoms with Crippen molar-refractivity contribution in [3.63, 3.8) is 0 Å². The van der Waals surface area contributed by atoms with E-state index in [1.165, 1.54) is 5.56 Å². The average Bonchev–Trinajstić information content (AvgIpc) is 2.25. The van der Waals surface area contributed by atoms with Crippen molar-refractivity contribution in [3.05, 3.63) is 35.9 Å². The van der Waals surface area contributed by atoms with Crippen LogP contribution < -0.4 is 5.32 Å². The molecule has 2 N–H and O–H groups in total. The third-order valence-electron chi connectivity index (χ3n) is 1.75. The van der Waals surface area contributed by atoms with Crippen LogP contribution in [0.3, 0.4) is 0 Å². The number of hydrogen-bond donors (Lipinski definition) is 2. The quantitative estimate of drug-likeness (QED) is 0.791. The third-order valence-corrected chi connectivity index (χ3v) is 3.14. The van der Waals surface area contributed by atoms with E-state index < -0.39 is 0 Å². The summed E-state index contributed by atoms with van der Waals surface area (Å²) in [5, 5.41) is 12.1. The van der Waals surface area contributed by atoms with E-state index in [1.807, 2.05) is 18.2 Å². The standard InChI is InChI=1S/C11H15NOS2/c1-9(13)7-12-11(14)15-8-10-5-3-2-4-6-10/h2-6,9,13H,7-8H2,1H3,(H,12,14). The maximum absolute atomic E-state index is 9.06. The maximum Gasteiger partial charge on any atom is 0.134 e. The summed E-state index contributed by atoms with van der Waals surface area (Å²) in [4.78, 5) is 0. The van der Waals surface area contributed by atoms with Crippen LogP contribution >= 0.6 is 24.0 Å². The van der Waals surface area contributed by atoms with Gasteiger partial charge in [-0.05, 0) is 12.5 Å². The van der Waals surface area contributed by atoms with Crippen molar-refractivity contribution in [2.45, 2.75) is 18.8 Å². The molecule has 1 aromatic carbocycles.